The average molecular weight is 212 g/mol. The van der Waals surface area contributed by atoms with Crippen molar-refractivity contribution in [2.45, 2.75) is 11.6 Å². The Hall–Kier alpha value is -0.650. The summed E-state index contributed by atoms with van der Waals surface area (Å²) in [5, 5.41) is 11.9. The molecule has 0 unspecified atom stereocenters. The minimum absolute atomic E-state index is 0.0465. The summed E-state index contributed by atoms with van der Waals surface area (Å²) in [5.74, 6) is 0. The number of fused-ring (bicyclic) bond motifs is 1. The van der Waals surface area contributed by atoms with Gasteiger partial charge in [-0.25, -0.2) is 9.97 Å². The maximum absolute atomic E-state index is 9.03. The molecule has 0 fully saturated rings. The highest BCUT2D eigenvalue weighted by molar-refractivity contribution is 7.98. The Balaban J connectivity index is 2.72. The molecule has 3 nitrogen and oxygen atoms in total. The van der Waals surface area contributed by atoms with Gasteiger partial charge in [0.15, 0.2) is 0 Å². The number of thiophene rings is 1. The van der Waals surface area contributed by atoms with Crippen LogP contribution < -0.4 is 0 Å². The molecule has 0 saturated heterocycles. The quantitative estimate of drug-likeness (QED) is 0.610. The van der Waals surface area contributed by atoms with E-state index in [0.717, 1.165) is 20.8 Å². The van der Waals surface area contributed by atoms with Crippen molar-refractivity contribution in [2.75, 3.05) is 6.26 Å². The Morgan fingerprint density at radius 2 is 2.38 bits per heavy atom. The van der Waals surface area contributed by atoms with E-state index in [1.165, 1.54) is 0 Å². The highest BCUT2D eigenvalue weighted by Gasteiger charge is 2.08. The predicted octanol–water partition coefficient (Wildman–Crippen LogP) is 1.91. The minimum atomic E-state index is 0.0465. The second-order valence-electron chi connectivity index (χ2n) is 2.48. The first kappa shape index (κ1) is 8.93. The van der Waals surface area contributed by atoms with Crippen LogP contribution >= 0.6 is 23.1 Å². The van der Waals surface area contributed by atoms with Crippen LogP contribution in [0.1, 0.15) is 5.56 Å². The van der Waals surface area contributed by atoms with Gasteiger partial charge in [-0.3, -0.25) is 0 Å². The van der Waals surface area contributed by atoms with Crippen molar-refractivity contribution in [1.29, 1.82) is 0 Å². The van der Waals surface area contributed by atoms with Crippen LogP contribution in [0.5, 0.6) is 0 Å². The van der Waals surface area contributed by atoms with Crippen molar-refractivity contribution in [2.24, 2.45) is 0 Å². The lowest BCUT2D eigenvalue weighted by atomic mass is 10.3. The summed E-state index contributed by atoms with van der Waals surface area (Å²) in [5.41, 5.74) is 1.77. The Bertz CT molecular complexity index is 427. The number of rotatable bonds is 2. The highest BCUT2D eigenvalue weighted by Crippen LogP contribution is 2.30. The van der Waals surface area contributed by atoms with Gasteiger partial charge in [0.25, 0.3) is 0 Å². The van der Waals surface area contributed by atoms with E-state index in [1.807, 2.05) is 11.6 Å². The predicted molar refractivity (Wildman–Crippen MR) is 55.1 cm³/mol. The summed E-state index contributed by atoms with van der Waals surface area (Å²) >= 11 is 3.18. The fraction of sp³-hybridized carbons (Fsp3) is 0.250. The van der Waals surface area contributed by atoms with Crippen molar-refractivity contribution in [3.05, 3.63) is 17.3 Å². The molecule has 68 valence electrons. The van der Waals surface area contributed by atoms with E-state index in [9.17, 15) is 0 Å². The van der Waals surface area contributed by atoms with Gasteiger partial charge in [-0.15, -0.1) is 23.1 Å². The van der Waals surface area contributed by atoms with Gasteiger partial charge >= 0.3 is 0 Å². The zero-order chi connectivity index (χ0) is 9.26. The van der Waals surface area contributed by atoms with Gasteiger partial charge in [0.1, 0.15) is 11.4 Å². The summed E-state index contributed by atoms with van der Waals surface area (Å²) in [4.78, 5) is 8.30. The third kappa shape index (κ3) is 1.43. The molecule has 0 bridgehead atoms. The molecule has 0 radical (unpaired) electrons. The molecule has 0 saturated carbocycles. The normalized spacial score (nSPS) is 10.9. The summed E-state index contributed by atoms with van der Waals surface area (Å²) in [6, 6.07) is 0. The Morgan fingerprint density at radius 3 is 3.08 bits per heavy atom. The Kier molecular flexibility index (Phi) is 2.48. The Labute approximate surface area is 83.8 Å². The first-order chi connectivity index (χ1) is 6.36. The van der Waals surface area contributed by atoms with Crippen LogP contribution in [-0.4, -0.2) is 21.3 Å². The van der Waals surface area contributed by atoms with Crippen LogP contribution in [-0.2, 0) is 6.61 Å². The molecule has 2 rings (SSSR count). The molecule has 0 spiro atoms. The van der Waals surface area contributed by atoms with Crippen molar-refractivity contribution >= 4 is 33.3 Å². The van der Waals surface area contributed by atoms with Gasteiger partial charge in [-0.1, -0.05) is 0 Å². The van der Waals surface area contributed by atoms with Gasteiger partial charge in [0.2, 0.25) is 0 Å². The highest BCUT2D eigenvalue weighted by atomic mass is 32.2. The molecule has 1 N–H and O–H groups in total. The molecule has 2 aromatic rings. The number of aliphatic hydroxyl groups is 1. The largest absolute Gasteiger partial charge is 0.392 e. The number of aromatic nitrogens is 2. The van der Waals surface area contributed by atoms with Crippen LogP contribution in [0.4, 0.5) is 0 Å². The number of hydrogen-bond acceptors (Lipinski definition) is 5. The van der Waals surface area contributed by atoms with Gasteiger partial charge in [0, 0.05) is 5.56 Å². The Morgan fingerprint density at radius 1 is 1.54 bits per heavy atom. The second kappa shape index (κ2) is 3.61. The molecule has 5 heteroatoms. The molecule has 2 aromatic heterocycles. The zero-order valence-electron chi connectivity index (χ0n) is 7.02. The maximum Gasteiger partial charge on any atom is 0.117 e. The SMILES string of the molecule is CSc1ncnc2c(CO)csc12. The van der Waals surface area contributed by atoms with Crippen LogP contribution in [0.2, 0.25) is 0 Å². The molecule has 0 atom stereocenters. The zero-order valence-corrected chi connectivity index (χ0v) is 8.65. The van der Waals surface area contributed by atoms with E-state index in [-0.39, 0.29) is 6.61 Å². The summed E-state index contributed by atoms with van der Waals surface area (Å²) in [7, 11) is 0. The van der Waals surface area contributed by atoms with E-state index in [1.54, 1.807) is 29.4 Å². The third-order valence-electron chi connectivity index (χ3n) is 1.76. The fourth-order valence-corrected chi connectivity index (χ4v) is 2.86. The first-order valence-corrected chi connectivity index (χ1v) is 5.83. The lowest BCUT2D eigenvalue weighted by Crippen LogP contribution is -1.85. The van der Waals surface area contributed by atoms with E-state index < -0.39 is 0 Å². The van der Waals surface area contributed by atoms with E-state index >= 15 is 0 Å². The number of aliphatic hydroxyl groups excluding tert-OH is 1. The lowest BCUT2D eigenvalue weighted by Gasteiger charge is -1.96. The van der Waals surface area contributed by atoms with E-state index in [2.05, 4.69) is 9.97 Å². The fourth-order valence-electron chi connectivity index (χ4n) is 1.14. The maximum atomic E-state index is 9.03. The monoisotopic (exact) mass is 212 g/mol. The van der Waals surface area contributed by atoms with Crippen LogP contribution in [0.25, 0.3) is 10.2 Å². The molecule has 0 aromatic carbocycles. The average Bonchev–Trinajstić information content (AvgIpc) is 2.60. The first-order valence-electron chi connectivity index (χ1n) is 3.72. The smallest absolute Gasteiger partial charge is 0.117 e. The molecule has 0 amide bonds. The van der Waals surface area contributed by atoms with Crippen molar-refractivity contribution in [3.63, 3.8) is 0 Å². The summed E-state index contributed by atoms with van der Waals surface area (Å²) in [6.45, 7) is 0.0465. The standard InChI is InChI=1S/C8H8N2OS2/c1-12-8-7-6(9-4-10-8)5(2-11)3-13-7/h3-4,11H,2H2,1H3. The molecule has 0 aliphatic rings. The van der Waals surface area contributed by atoms with E-state index in [0.29, 0.717) is 0 Å². The van der Waals surface area contributed by atoms with Crippen LogP contribution in [0.3, 0.4) is 0 Å². The molecule has 0 aliphatic heterocycles. The second-order valence-corrected chi connectivity index (χ2v) is 4.15. The minimum Gasteiger partial charge on any atom is -0.392 e. The van der Waals surface area contributed by atoms with Gasteiger partial charge < -0.3 is 5.11 Å². The topological polar surface area (TPSA) is 46.0 Å². The van der Waals surface area contributed by atoms with Crippen LogP contribution in [0.15, 0.2) is 16.7 Å². The number of thioether (sulfide) groups is 1. The third-order valence-corrected chi connectivity index (χ3v) is 3.61. The van der Waals surface area contributed by atoms with Gasteiger partial charge in [-0.2, -0.15) is 0 Å². The molecule has 0 aliphatic carbocycles. The van der Waals surface area contributed by atoms with Crippen LogP contribution in [0, 0.1) is 0 Å². The molecule has 2 heterocycles. The van der Waals surface area contributed by atoms with Gasteiger partial charge in [0.05, 0.1) is 16.8 Å². The lowest BCUT2D eigenvalue weighted by molar-refractivity contribution is 0.283. The van der Waals surface area contributed by atoms with Gasteiger partial charge in [-0.05, 0) is 11.6 Å². The summed E-state index contributed by atoms with van der Waals surface area (Å²) in [6.07, 6.45) is 3.53. The van der Waals surface area contributed by atoms with E-state index in [4.69, 9.17) is 5.11 Å². The molecular weight excluding hydrogens is 204 g/mol. The number of nitrogens with zero attached hydrogens (tertiary/aromatic N) is 2. The van der Waals surface area contributed by atoms with Crippen molar-refractivity contribution in [1.82, 2.24) is 9.97 Å². The summed E-state index contributed by atoms with van der Waals surface area (Å²) < 4.78 is 1.07. The molecular formula is C8H8N2OS2. The molecule has 13 heavy (non-hydrogen) atoms. The van der Waals surface area contributed by atoms with Crippen molar-refractivity contribution < 1.29 is 5.11 Å². The number of hydrogen-bond donors (Lipinski definition) is 1. The van der Waals surface area contributed by atoms with Crippen molar-refractivity contribution in [3.8, 4) is 0 Å².